The van der Waals surface area contributed by atoms with E-state index in [1.807, 2.05) is 0 Å². The van der Waals surface area contributed by atoms with Gasteiger partial charge in [-0.2, -0.15) is 0 Å². The van der Waals surface area contributed by atoms with Crippen molar-refractivity contribution in [3.8, 4) is 5.88 Å². The van der Waals surface area contributed by atoms with Gasteiger partial charge in [-0.25, -0.2) is 4.98 Å². The maximum absolute atomic E-state index is 10.5. The fourth-order valence-corrected chi connectivity index (χ4v) is 1.31. The molecule has 1 aromatic rings. The predicted octanol–water partition coefficient (Wildman–Crippen LogP) is 1.30. The summed E-state index contributed by atoms with van der Waals surface area (Å²) in [5, 5.41) is 10.5. The van der Waals surface area contributed by atoms with Gasteiger partial charge in [0.15, 0.2) is 0 Å². The number of aliphatic imine (C=N–C) groups is 1. The lowest BCUT2D eigenvalue weighted by molar-refractivity contribution is -0.414. The molecule has 1 atom stereocenters. The highest BCUT2D eigenvalue weighted by molar-refractivity contribution is 5.75. The van der Waals surface area contributed by atoms with E-state index in [1.165, 1.54) is 7.11 Å². The van der Waals surface area contributed by atoms with Gasteiger partial charge in [0.2, 0.25) is 5.88 Å². The lowest BCUT2D eigenvalue weighted by atomic mass is 10.1. The molecule has 0 spiro atoms. The van der Waals surface area contributed by atoms with Crippen LogP contribution in [0.5, 0.6) is 5.88 Å². The van der Waals surface area contributed by atoms with Gasteiger partial charge in [-0.3, -0.25) is 15.1 Å². The summed E-state index contributed by atoms with van der Waals surface area (Å²) in [6, 6.07) is 3.23. The third-order valence-corrected chi connectivity index (χ3v) is 2.26. The molecule has 7 nitrogen and oxygen atoms in total. The van der Waals surface area contributed by atoms with Crippen LogP contribution in [-0.4, -0.2) is 23.2 Å². The Balaban J connectivity index is 2.91. The number of ether oxygens (including phenoxy) is 1. The van der Waals surface area contributed by atoms with Gasteiger partial charge in [0.05, 0.1) is 24.3 Å². The average Bonchev–Trinajstić information content (AvgIpc) is 2.38. The molecule has 0 aliphatic carbocycles. The number of allylic oxidation sites excluding steroid dienone is 1. The van der Waals surface area contributed by atoms with Crippen LogP contribution in [-0.2, 0) is 0 Å². The Morgan fingerprint density at radius 1 is 1.72 bits per heavy atom. The maximum atomic E-state index is 10.5. The van der Waals surface area contributed by atoms with E-state index < -0.39 is 4.92 Å². The zero-order valence-electron chi connectivity index (χ0n) is 10.1. The highest BCUT2D eigenvalue weighted by Gasteiger charge is 2.12. The molecule has 18 heavy (non-hydrogen) atoms. The van der Waals surface area contributed by atoms with Crippen LogP contribution in [0.15, 0.2) is 35.2 Å². The van der Waals surface area contributed by atoms with Crippen LogP contribution < -0.4 is 10.5 Å². The Hall–Kier alpha value is -2.44. The number of hydrogen-bond donors (Lipinski definition) is 1. The molecule has 0 saturated heterocycles. The topological polar surface area (TPSA) is 104 Å². The van der Waals surface area contributed by atoms with Crippen LogP contribution in [0.3, 0.4) is 0 Å². The van der Waals surface area contributed by atoms with Crippen LogP contribution in [0, 0.1) is 10.1 Å². The number of methoxy groups -OCH3 is 1. The lowest BCUT2D eigenvalue weighted by Gasteiger charge is -2.09. The first-order valence-corrected chi connectivity index (χ1v) is 5.18. The van der Waals surface area contributed by atoms with Gasteiger partial charge in [0, 0.05) is 11.8 Å². The van der Waals surface area contributed by atoms with Crippen LogP contribution in [0.25, 0.3) is 0 Å². The van der Waals surface area contributed by atoms with E-state index in [9.17, 15) is 10.1 Å². The van der Waals surface area contributed by atoms with Crippen molar-refractivity contribution in [1.82, 2.24) is 4.98 Å². The Labute approximate surface area is 104 Å². The molecule has 0 bridgehead atoms. The number of rotatable bonds is 5. The Bertz CT molecular complexity index is 485. The predicted molar refractivity (Wildman–Crippen MR) is 67.0 cm³/mol. The van der Waals surface area contributed by atoms with Gasteiger partial charge >= 0.3 is 5.70 Å². The normalized spacial score (nSPS) is 13.6. The van der Waals surface area contributed by atoms with Gasteiger partial charge in [0.25, 0.3) is 0 Å². The molecule has 0 unspecified atom stereocenters. The molecule has 0 saturated carbocycles. The van der Waals surface area contributed by atoms with Crippen molar-refractivity contribution in [3.05, 3.63) is 45.9 Å². The summed E-state index contributed by atoms with van der Waals surface area (Å²) >= 11 is 0. The first-order valence-electron chi connectivity index (χ1n) is 5.18. The van der Waals surface area contributed by atoms with Crippen LogP contribution in [0.2, 0.25) is 0 Å². The number of nitrogens with zero attached hydrogens (tertiary/aromatic N) is 3. The molecule has 1 aromatic heterocycles. The number of nitro groups is 1. The quantitative estimate of drug-likeness (QED) is 0.482. The lowest BCUT2D eigenvalue weighted by Crippen LogP contribution is -2.04. The summed E-state index contributed by atoms with van der Waals surface area (Å²) < 4.78 is 5.09. The zero-order chi connectivity index (χ0) is 13.5. The fraction of sp³-hybridized carbons (Fsp3) is 0.273. The summed E-state index contributed by atoms with van der Waals surface area (Å²) in [6.07, 6.45) is 3.62. The second-order valence-electron chi connectivity index (χ2n) is 3.40. The van der Waals surface area contributed by atoms with Crippen molar-refractivity contribution in [1.29, 1.82) is 0 Å². The SMILES string of the molecule is COc1ncccc1[C@H](C)N=CC(=CN)[N+](=O)[O-]. The third-order valence-electron chi connectivity index (χ3n) is 2.26. The summed E-state index contributed by atoms with van der Waals surface area (Å²) in [6.45, 7) is 1.78. The molecule has 96 valence electrons. The number of aromatic nitrogens is 1. The zero-order valence-corrected chi connectivity index (χ0v) is 10.1. The highest BCUT2D eigenvalue weighted by atomic mass is 16.6. The van der Waals surface area contributed by atoms with E-state index >= 15 is 0 Å². The van der Waals surface area contributed by atoms with E-state index in [0.717, 1.165) is 18.0 Å². The molecule has 0 radical (unpaired) electrons. The molecular formula is C11H14N4O3. The molecule has 0 amide bonds. The molecule has 0 aliphatic rings. The Morgan fingerprint density at radius 2 is 2.44 bits per heavy atom. The summed E-state index contributed by atoms with van der Waals surface area (Å²) in [4.78, 5) is 18.0. The van der Waals surface area contributed by atoms with E-state index in [1.54, 1.807) is 25.3 Å². The van der Waals surface area contributed by atoms with Gasteiger partial charge in [-0.15, -0.1) is 0 Å². The molecule has 0 aromatic carbocycles. The standard InChI is InChI=1S/C11H14N4O3/c1-8(14-7-9(6-12)15(16)17)10-4-3-5-13-11(10)18-2/h3-8H,12H2,1-2H3/t8-/m0/s1. The van der Waals surface area contributed by atoms with Crippen molar-refractivity contribution in [2.24, 2.45) is 10.7 Å². The first-order chi connectivity index (χ1) is 8.60. The minimum absolute atomic E-state index is 0.260. The van der Waals surface area contributed by atoms with Crippen LogP contribution >= 0.6 is 0 Å². The summed E-state index contributed by atoms with van der Waals surface area (Å²) in [5.41, 5.74) is 5.61. The van der Waals surface area contributed by atoms with Crippen molar-refractivity contribution in [2.75, 3.05) is 7.11 Å². The average molecular weight is 250 g/mol. The fourth-order valence-electron chi connectivity index (χ4n) is 1.31. The Kier molecular flexibility index (Phi) is 4.79. The second-order valence-corrected chi connectivity index (χ2v) is 3.40. The second kappa shape index (κ2) is 6.33. The molecule has 0 aliphatic heterocycles. The Morgan fingerprint density at radius 3 is 3.00 bits per heavy atom. The van der Waals surface area contributed by atoms with Crippen LogP contribution in [0.1, 0.15) is 18.5 Å². The first kappa shape index (κ1) is 13.6. The smallest absolute Gasteiger partial charge is 0.302 e. The largest absolute Gasteiger partial charge is 0.481 e. The van der Waals surface area contributed by atoms with Gasteiger partial charge < -0.3 is 10.5 Å². The molecular weight excluding hydrogens is 236 g/mol. The summed E-state index contributed by atoms with van der Waals surface area (Å²) in [7, 11) is 1.50. The molecule has 1 heterocycles. The number of nitrogens with two attached hydrogens (primary N) is 1. The van der Waals surface area contributed by atoms with Gasteiger partial charge in [-0.05, 0) is 19.1 Å². The van der Waals surface area contributed by atoms with Crippen LogP contribution in [0.4, 0.5) is 0 Å². The molecule has 0 fully saturated rings. The molecule has 1 rings (SSSR count). The van der Waals surface area contributed by atoms with E-state index in [-0.39, 0.29) is 11.7 Å². The summed E-state index contributed by atoms with van der Waals surface area (Å²) in [5.74, 6) is 0.446. The highest BCUT2D eigenvalue weighted by Crippen LogP contribution is 2.24. The monoisotopic (exact) mass is 250 g/mol. The van der Waals surface area contributed by atoms with Gasteiger partial charge in [-0.1, -0.05) is 0 Å². The minimum Gasteiger partial charge on any atom is -0.481 e. The van der Waals surface area contributed by atoms with Crippen molar-refractivity contribution >= 4 is 6.21 Å². The van der Waals surface area contributed by atoms with Crippen molar-refractivity contribution < 1.29 is 9.66 Å². The molecule has 2 N–H and O–H groups in total. The maximum Gasteiger partial charge on any atom is 0.302 e. The van der Waals surface area contributed by atoms with E-state index in [0.29, 0.717) is 5.88 Å². The van der Waals surface area contributed by atoms with Crippen molar-refractivity contribution in [3.63, 3.8) is 0 Å². The number of hydrogen-bond acceptors (Lipinski definition) is 6. The number of pyridine rings is 1. The van der Waals surface area contributed by atoms with E-state index in [2.05, 4.69) is 9.98 Å². The van der Waals surface area contributed by atoms with Crippen molar-refractivity contribution in [2.45, 2.75) is 13.0 Å². The third kappa shape index (κ3) is 3.27. The molecule has 7 heteroatoms. The minimum atomic E-state index is -0.601. The van der Waals surface area contributed by atoms with Gasteiger partial charge in [0.1, 0.15) is 6.21 Å². The van der Waals surface area contributed by atoms with E-state index in [4.69, 9.17) is 10.5 Å².